The van der Waals surface area contributed by atoms with Gasteiger partial charge in [0.05, 0.1) is 28.6 Å². The number of barbiturate groups is 1. The number of non-ortho nitro benzene ring substituents is 1. The molecular weight excluding hydrogens is 454 g/mol. The monoisotopic (exact) mass is 475 g/mol. The fourth-order valence-corrected chi connectivity index (χ4v) is 3.75. The fraction of sp³-hybridized carbons (Fsp3) is 0.167. The van der Waals surface area contributed by atoms with Crippen LogP contribution in [-0.2, 0) is 9.59 Å². The van der Waals surface area contributed by atoms with Crippen LogP contribution in [0.25, 0.3) is 11.8 Å². The standard InChI is InChI=1S/C24H21N5O6/c1-4-35-19-10-8-16(9-11-19)27-23(31)21(22(30)25-24(27)32)13-20-14(2)26-28(15(20)3)17-6-5-7-18(12-17)29(33)34/h5-13H,4H2,1-3H3,(H,25,30,32)/b21-13+. The van der Waals surface area contributed by atoms with E-state index >= 15 is 0 Å². The average molecular weight is 475 g/mol. The van der Waals surface area contributed by atoms with Gasteiger partial charge in [-0.05, 0) is 57.2 Å². The van der Waals surface area contributed by atoms with Crippen molar-refractivity contribution < 1.29 is 24.0 Å². The van der Waals surface area contributed by atoms with Gasteiger partial charge in [-0.3, -0.25) is 25.0 Å². The molecule has 0 spiro atoms. The molecule has 1 N–H and O–H groups in total. The molecule has 2 aromatic carbocycles. The molecule has 0 radical (unpaired) electrons. The summed E-state index contributed by atoms with van der Waals surface area (Å²) in [5, 5.41) is 17.8. The van der Waals surface area contributed by atoms with Crippen molar-refractivity contribution in [2.24, 2.45) is 0 Å². The number of carbonyl (C=O) groups is 3. The first-order valence-electron chi connectivity index (χ1n) is 10.7. The summed E-state index contributed by atoms with van der Waals surface area (Å²) in [4.78, 5) is 49.8. The van der Waals surface area contributed by atoms with Gasteiger partial charge in [0.1, 0.15) is 11.3 Å². The largest absolute Gasteiger partial charge is 0.494 e. The zero-order chi connectivity index (χ0) is 25.3. The third-order valence-electron chi connectivity index (χ3n) is 5.43. The van der Waals surface area contributed by atoms with Crippen LogP contribution in [0, 0.1) is 24.0 Å². The first-order valence-corrected chi connectivity index (χ1v) is 10.7. The predicted molar refractivity (Wildman–Crippen MR) is 126 cm³/mol. The van der Waals surface area contributed by atoms with Crippen LogP contribution in [-0.4, -0.2) is 39.2 Å². The molecule has 0 saturated carbocycles. The summed E-state index contributed by atoms with van der Waals surface area (Å²) in [5.74, 6) is -1.04. The number of anilines is 1. The van der Waals surface area contributed by atoms with E-state index in [-0.39, 0.29) is 16.9 Å². The molecule has 0 atom stereocenters. The van der Waals surface area contributed by atoms with E-state index in [2.05, 4.69) is 10.4 Å². The van der Waals surface area contributed by atoms with Crippen LogP contribution < -0.4 is 15.0 Å². The van der Waals surface area contributed by atoms with Gasteiger partial charge in [0, 0.05) is 23.4 Å². The number of hydrogen-bond acceptors (Lipinski definition) is 7. The van der Waals surface area contributed by atoms with Gasteiger partial charge >= 0.3 is 6.03 Å². The molecule has 1 saturated heterocycles. The lowest BCUT2D eigenvalue weighted by Crippen LogP contribution is -2.54. The minimum Gasteiger partial charge on any atom is -0.494 e. The normalized spacial score (nSPS) is 14.9. The highest BCUT2D eigenvalue weighted by Crippen LogP contribution is 2.27. The Balaban J connectivity index is 1.72. The number of hydrogen-bond donors (Lipinski definition) is 1. The molecular formula is C24H21N5O6. The number of nitro benzene ring substituents is 1. The number of rotatable bonds is 6. The van der Waals surface area contributed by atoms with Crippen LogP contribution in [0.2, 0.25) is 0 Å². The molecule has 1 aliphatic heterocycles. The van der Waals surface area contributed by atoms with Crippen LogP contribution in [0.4, 0.5) is 16.2 Å². The van der Waals surface area contributed by atoms with Crippen LogP contribution in [0.1, 0.15) is 23.9 Å². The van der Waals surface area contributed by atoms with Crippen molar-refractivity contribution in [3.05, 3.63) is 81.2 Å². The topological polar surface area (TPSA) is 137 Å². The summed E-state index contributed by atoms with van der Waals surface area (Å²) >= 11 is 0. The van der Waals surface area contributed by atoms with Crippen LogP contribution in [0.15, 0.2) is 54.1 Å². The second-order valence-corrected chi connectivity index (χ2v) is 7.66. The molecule has 2 heterocycles. The average Bonchev–Trinajstić information content (AvgIpc) is 3.11. The maximum atomic E-state index is 13.2. The number of nitrogens with one attached hydrogen (secondary N) is 1. The number of imide groups is 2. The summed E-state index contributed by atoms with van der Waals surface area (Å²) in [5.41, 5.74) is 1.91. The smallest absolute Gasteiger partial charge is 0.335 e. The van der Waals surface area contributed by atoms with E-state index in [4.69, 9.17) is 4.74 Å². The maximum Gasteiger partial charge on any atom is 0.335 e. The van der Waals surface area contributed by atoms with Gasteiger partial charge in [-0.25, -0.2) is 14.4 Å². The highest BCUT2D eigenvalue weighted by atomic mass is 16.6. The number of aromatic nitrogens is 2. The molecule has 1 aliphatic rings. The second kappa shape index (κ2) is 9.21. The molecule has 11 heteroatoms. The van der Waals surface area contributed by atoms with Gasteiger partial charge in [-0.2, -0.15) is 5.10 Å². The third-order valence-corrected chi connectivity index (χ3v) is 5.43. The molecule has 4 rings (SSSR count). The molecule has 1 fully saturated rings. The highest BCUT2D eigenvalue weighted by molar-refractivity contribution is 6.39. The number of nitrogens with zero attached hydrogens (tertiary/aromatic N) is 4. The number of amides is 4. The Morgan fingerprint density at radius 2 is 1.80 bits per heavy atom. The number of urea groups is 1. The van der Waals surface area contributed by atoms with Gasteiger partial charge in [0.2, 0.25) is 0 Å². The summed E-state index contributed by atoms with van der Waals surface area (Å²) < 4.78 is 6.88. The van der Waals surface area contributed by atoms with E-state index < -0.39 is 22.8 Å². The minimum absolute atomic E-state index is 0.0960. The van der Waals surface area contributed by atoms with Crippen molar-refractivity contribution >= 4 is 35.3 Å². The van der Waals surface area contributed by atoms with Crippen LogP contribution >= 0.6 is 0 Å². The van der Waals surface area contributed by atoms with Crippen LogP contribution in [0.5, 0.6) is 5.75 Å². The van der Waals surface area contributed by atoms with Gasteiger partial charge in [0.25, 0.3) is 17.5 Å². The Bertz CT molecular complexity index is 1390. The third kappa shape index (κ3) is 4.38. The number of carbonyl (C=O) groups excluding carboxylic acids is 3. The van der Waals surface area contributed by atoms with Crippen molar-refractivity contribution in [2.75, 3.05) is 11.5 Å². The van der Waals surface area contributed by atoms with Crippen molar-refractivity contribution in [1.29, 1.82) is 0 Å². The van der Waals surface area contributed by atoms with E-state index in [1.54, 1.807) is 50.2 Å². The quantitative estimate of drug-likeness (QED) is 0.249. The molecule has 0 bridgehead atoms. The van der Waals surface area contributed by atoms with E-state index in [0.29, 0.717) is 35.0 Å². The van der Waals surface area contributed by atoms with Gasteiger partial charge in [0.15, 0.2) is 0 Å². The molecule has 4 amide bonds. The number of benzene rings is 2. The summed E-state index contributed by atoms with van der Waals surface area (Å²) in [6, 6.07) is 11.4. The lowest BCUT2D eigenvalue weighted by Gasteiger charge is -2.26. The summed E-state index contributed by atoms with van der Waals surface area (Å²) in [7, 11) is 0. The molecule has 0 aliphatic carbocycles. The van der Waals surface area contributed by atoms with Crippen LogP contribution in [0.3, 0.4) is 0 Å². The molecule has 1 aromatic heterocycles. The van der Waals surface area contributed by atoms with E-state index in [1.165, 1.54) is 22.9 Å². The van der Waals surface area contributed by atoms with E-state index in [1.807, 2.05) is 6.92 Å². The lowest BCUT2D eigenvalue weighted by atomic mass is 10.1. The van der Waals surface area contributed by atoms with E-state index in [9.17, 15) is 24.5 Å². The predicted octanol–water partition coefficient (Wildman–Crippen LogP) is 3.46. The maximum absolute atomic E-state index is 13.2. The first-order chi connectivity index (χ1) is 16.7. The highest BCUT2D eigenvalue weighted by Gasteiger charge is 2.37. The number of ether oxygens (including phenoxy) is 1. The SMILES string of the molecule is CCOc1ccc(N2C(=O)NC(=O)/C(=C\c3c(C)nn(-c4cccc([N+](=O)[O-])c4)c3C)C2=O)cc1. The molecule has 178 valence electrons. The zero-order valence-corrected chi connectivity index (χ0v) is 19.1. The Hall–Kier alpha value is -4.80. The second-order valence-electron chi connectivity index (χ2n) is 7.66. The van der Waals surface area contributed by atoms with Gasteiger partial charge < -0.3 is 4.74 Å². The van der Waals surface area contributed by atoms with Gasteiger partial charge in [-0.1, -0.05) is 6.07 Å². The Morgan fingerprint density at radius 1 is 1.09 bits per heavy atom. The van der Waals surface area contributed by atoms with Crippen molar-refractivity contribution in [1.82, 2.24) is 15.1 Å². The molecule has 35 heavy (non-hydrogen) atoms. The van der Waals surface area contributed by atoms with Crippen molar-refractivity contribution in [3.8, 4) is 11.4 Å². The summed E-state index contributed by atoms with van der Waals surface area (Å²) in [6.07, 6.45) is 1.37. The molecule has 3 aromatic rings. The molecule has 0 unspecified atom stereocenters. The Kier molecular flexibility index (Phi) is 6.15. The Labute approximate surface area is 199 Å². The number of aryl methyl sites for hydroxylation is 1. The minimum atomic E-state index is -0.859. The summed E-state index contributed by atoms with van der Waals surface area (Å²) in [6.45, 7) is 5.70. The lowest BCUT2D eigenvalue weighted by molar-refractivity contribution is -0.384. The zero-order valence-electron chi connectivity index (χ0n) is 19.1. The molecule has 11 nitrogen and oxygen atoms in total. The van der Waals surface area contributed by atoms with E-state index in [0.717, 1.165) is 4.90 Å². The van der Waals surface area contributed by atoms with Gasteiger partial charge in [-0.15, -0.1) is 0 Å². The van der Waals surface area contributed by atoms with Crippen molar-refractivity contribution in [3.63, 3.8) is 0 Å². The number of nitro groups is 1. The van der Waals surface area contributed by atoms with Crippen molar-refractivity contribution in [2.45, 2.75) is 20.8 Å². The fourth-order valence-electron chi connectivity index (χ4n) is 3.75. The first kappa shape index (κ1) is 23.4. The Morgan fingerprint density at radius 3 is 2.46 bits per heavy atom.